The highest BCUT2D eigenvalue weighted by atomic mass is 35.5. The highest BCUT2D eigenvalue weighted by Crippen LogP contribution is 2.43. The number of hydrogen-bond acceptors (Lipinski definition) is 3. The summed E-state index contributed by atoms with van der Waals surface area (Å²) < 4.78 is 5.48. The van der Waals surface area contributed by atoms with E-state index in [9.17, 15) is 4.79 Å². The number of anilines is 1. The van der Waals surface area contributed by atoms with Gasteiger partial charge in [-0.15, -0.1) is 0 Å². The normalized spacial score (nSPS) is 20.3. The van der Waals surface area contributed by atoms with E-state index in [2.05, 4.69) is 17.0 Å². The fraction of sp³-hybridized carbons (Fsp3) is 0.611. The lowest BCUT2D eigenvalue weighted by Gasteiger charge is -2.57. The van der Waals surface area contributed by atoms with Crippen LogP contribution < -0.4 is 4.90 Å². The number of rotatable bonds is 1. The minimum Gasteiger partial charge on any atom is -0.444 e. The van der Waals surface area contributed by atoms with E-state index in [0.717, 1.165) is 37.5 Å². The molecule has 0 bridgehead atoms. The van der Waals surface area contributed by atoms with Crippen LogP contribution >= 0.6 is 11.6 Å². The van der Waals surface area contributed by atoms with E-state index in [-0.39, 0.29) is 11.6 Å². The molecule has 23 heavy (non-hydrogen) atoms. The van der Waals surface area contributed by atoms with Crippen molar-refractivity contribution >= 4 is 23.4 Å². The zero-order valence-electron chi connectivity index (χ0n) is 14.1. The van der Waals surface area contributed by atoms with Crippen molar-refractivity contribution < 1.29 is 9.53 Å². The largest absolute Gasteiger partial charge is 0.444 e. The van der Waals surface area contributed by atoms with Crippen molar-refractivity contribution in [3.63, 3.8) is 0 Å². The number of amides is 1. The number of ether oxygens (including phenoxy) is 1. The predicted octanol–water partition coefficient (Wildman–Crippen LogP) is 4.32. The first-order valence-electron chi connectivity index (χ1n) is 8.30. The molecule has 1 amide bonds. The maximum atomic E-state index is 12.2. The zero-order valence-corrected chi connectivity index (χ0v) is 14.9. The number of piperidine rings is 1. The van der Waals surface area contributed by atoms with Gasteiger partial charge < -0.3 is 14.5 Å². The minimum atomic E-state index is -0.433. The molecule has 2 heterocycles. The third-order valence-electron chi connectivity index (χ3n) is 4.86. The molecule has 0 unspecified atom stereocenters. The second-order valence-corrected chi connectivity index (χ2v) is 8.01. The minimum absolute atomic E-state index is 0.190. The fourth-order valence-electron chi connectivity index (χ4n) is 3.52. The molecule has 3 rings (SSSR count). The number of hydrogen-bond donors (Lipinski definition) is 0. The van der Waals surface area contributed by atoms with Gasteiger partial charge in [0.25, 0.3) is 0 Å². The lowest BCUT2D eigenvalue weighted by molar-refractivity contribution is 0.0130. The van der Waals surface area contributed by atoms with Crippen LogP contribution in [0.15, 0.2) is 24.3 Å². The third-order valence-corrected chi connectivity index (χ3v) is 5.11. The van der Waals surface area contributed by atoms with Gasteiger partial charge in [0.05, 0.1) is 0 Å². The summed E-state index contributed by atoms with van der Waals surface area (Å²) in [6, 6.07) is 8.06. The number of likely N-dealkylation sites (tertiary alicyclic amines) is 1. The molecule has 2 fully saturated rings. The molecule has 1 aromatic carbocycles. The molecule has 5 heteroatoms. The van der Waals surface area contributed by atoms with Gasteiger partial charge in [-0.2, -0.15) is 0 Å². The first-order chi connectivity index (χ1) is 10.8. The zero-order chi connectivity index (χ0) is 16.7. The van der Waals surface area contributed by atoms with Crippen molar-refractivity contribution in [2.24, 2.45) is 0 Å². The SMILES string of the molecule is CC(C)(C)OC(=O)N1CCC2(CC1)CCN2c1ccc(Cl)cc1. The second kappa shape index (κ2) is 5.90. The van der Waals surface area contributed by atoms with Crippen LogP contribution in [0.4, 0.5) is 10.5 Å². The summed E-state index contributed by atoms with van der Waals surface area (Å²) in [7, 11) is 0. The van der Waals surface area contributed by atoms with Crippen LogP contribution in [0.3, 0.4) is 0 Å². The van der Waals surface area contributed by atoms with Gasteiger partial charge in [-0.1, -0.05) is 11.6 Å². The number of nitrogens with zero attached hydrogens (tertiary/aromatic N) is 2. The van der Waals surface area contributed by atoms with E-state index in [1.54, 1.807) is 0 Å². The van der Waals surface area contributed by atoms with Crippen LogP contribution in [0.2, 0.25) is 5.02 Å². The number of carbonyl (C=O) groups is 1. The summed E-state index contributed by atoms with van der Waals surface area (Å²) in [4.78, 5) is 16.5. The molecule has 2 aliphatic rings. The lowest BCUT2D eigenvalue weighted by atomic mass is 9.76. The Bertz CT molecular complexity index is 572. The summed E-state index contributed by atoms with van der Waals surface area (Å²) in [6.45, 7) is 8.33. The first-order valence-corrected chi connectivity index (χ1v) is 8.68. The molecule has 2 aliphatic heterocycles. The van der Waals surface area contributed by atoms with Crippen molar-refractivity contribution in [2.75, 3.05) is 24.5 Å². The van der Waals surface area contributed by atoms with Crippen molar-refractivity contribution in [3.05, 3.63) is 29.3 Å². The van der Waals surface area contributed by atoms with E-state index in [1.165, 1.54) is 12.1 Å². The lowest BCUT2D eigenvalue weighted by Crippen LogP contribution is -2.65. The van der Waals surface area contributed by atoms with E-state index in [1.807, 2.05) is 37.8 Å². The van der Waals surface area contributed by atoms with E-state index < -0.39 is 5.60 Å². The molecule has 0 aliphatic carbocycles. The molecular weight excluding hydrogens is 312 g/mol. The molecule has 1 aromatic rings. The quantitative estimate of drug-likeness (QED) is 0.765. The van der Waals surface area contributed by atoms with Gasteiger partial charge in [0.1, 0.15) is 5.60 Å². The third kappa shape index (κ3) is 3.42. The second-order valence-electron chi connectivity index (χ2n) is 7.57. The van der Waals surface area contributed by atoms with Gasteiger partial charge in [0.15, 0.2) is 0 Å². The van der Waals surface area contributed by atoms with Crippen LogP contribution in [-0.4, -0.2) is 41.8 Å². The van der Waals surface area contributed by atoms with Gasteiger partial charge in [-0.25, -0.2) is 4.79 Å². The Labute approximate surface area is 143 Å². The molecule has 126 valence electrons. The van der Waals surface area contributed by atoms with Gasteiger partial charge in [0, 0.05) is 35.9 Å². The van der Waals surface area contributed by atoms with Crippen LogP contribution in [0, 0.1) is 0 Å². The Hall–Kier alpha value is -1.42. The van der Waals surface area contributed by atoms with E-state index >= 15 is 0 Å². The summed E-state index contributed by atoms with van der Waals surface area (Å²) in [5.74, 6) is 0. The average molecular weight is 337 g/mol. The molecule has 4 nitrogen and oxygen atoms in total. The van der Waals surface area contributed by atoms with E-state index in [0.29, 0.717) is 0 Å². The van der Waals surface area contributed by atoms with Crippen LogP contribution in [0.1, 0.15) is 40.0 Å². The standard InChI is InChI=1S/C18H25ClN2O2/c1-17(2,3)23-16(22)20-11-8-18(9-12-20)10-13-21(18)15-6-4-14(19)5-7-15/h4-7H,8-13H2,1-3H3. The Morgan fingerprint density at radius 2 is 1.65 bits per heavy atom. The molecule has 0 saturated carbocycles. The molecule has 0 radical (unpaired) electrons. The molecule has 1 spiro atoms. The smallest absolute Gasteiger partial charge is 0.410 e. The van der Waals surface area contributed by atoms with Crippen molar-refractivity contribution in [2.45, 2.75) is 51.2 Å². The van der Waals surface area contributed by atoms with Gasteiger partial charge in [-0.3, -0.25) is 0 Å². The van der Waals surface area contributed by atoms with Crippen molar-refractivity contribution in [3.8, 4) is 0 Å². The molecule has 0 atom stereocenters. The fourth-order valence-corrected chi connectivity index (χ4v) is 3.64. The molecule has 0 aromatic heterocycles. The summed E-state index contributed by atoms with van der Waals surface area (Å²) in [5.41, 5.74) is 0.996. The average Bonchev–Trinajstić information content (AvgIpc) is 2.47. The summed E-state index contributed by atoms with van der Waals surface area (Å²) >= 11 is 5.98. The Balaban J connectivity index is 1.62. The summed E-state index contributed by atoms with van der Waals surface area (Å²) in [6.07, 6.45) is 2.99. The van der Waals surface area contributed by atoms with Gasteiger partial charge >= 0.3 is 6.09 Å². The Morgan fingerprint density at radius 1 is 1.09 bits per heavy atom. The van der Waals surface area contributed by atoms with Crippen LogP contribution in [0.25, 0.3) is 0 Å². The number of carbonyl (C=O) groups excluding carboxylic acids is 1. The Kier molecular flexibility index (Phi) is 4.21. The van der Waals surface area contributed by atoms with Gasteiger partial charge in [-0.05, 0) is 64.3 Å². The van der Waals surface area contributed by atoms with Crippen LogP contribution in [-0.2, 0) is 4.74 Å². The molecule has 2 saturated heterocycles. The number of halogens is 1. The van der Waals surface area contributed by atoms with Crippen LogP contribution in [0.5, 0.6) is 0 Å². The maximum Gasteiger partial charge on any atom is 0.410 e. The summed E-state index contributed by atoms with van der Waals surface area (Å²) in [5, 5.41) is 0.767. The molecular formula is C18H25ClN2O2. The monoisotopic (exact) mass is 336 g/mol. The van der Waals surface area contributed by atoms with Crippen molar-refractivity contribution in [1.82, 2.24) is 4.90 Å². The predicted molar refractivity (Wildman–Crippen MR) is 93.2 cm³/mol. The first kappa shape index (κ1) is 16.4. The topological polar surface area (TPSA) is 32.8 Å². The van der Waals surface area contributed by atoms with Crippen molar-refractivity contribution in [1.29, 1.82) is 0 Å². The highest BCUT2D eigenvalue weighted by molar-refractivity contribution is 6.30. The Morgan fingerprint density at radius 3 is 2.13 bits per heavy atom. The number of benzene rings is 1. The molecule has 0 N–H and O–H groups in total. The van der Waals surface area contributed by atoms with E-state index in [4.69, 9.17) is 16.3 Å². The highest BCUT2D eigenvalue weighted by Gasteiger charge is 2.47. The van der Waals surface area contributed by atoms with Gasteiger partial charge in [0.2, 0.25) is 0 Å². The maximum absolute atomic E-state index is 12.2.